The van der Waals surface area contributed by atoms with Crippen LogP contribution in [0.25, 0.3) is 0 Å². The van der Waals surface area contributed by atoms with Crippen LogP contribution in [0, 0.1) is 0 Å². The van der Waals surface area contributed by atoms with Gasteiger partial charge in [0.05, 0.1) is 6.10 Å². The number of piperidine rings is 1. The first kappa shape index (κ1) is 9.30. The SMILES string of the molecule is O[C@@H]1CCCN(CCCCl)C1. The van der Waals surface area contributed by atoms with E-state index in [4.69, 9.17) is 11.6 Å². The maximum absolute atomic E-state index is 9.30. The van der Waals surface area contributed by atoms with Crippen LogP contribution in [0.15, 0.2) is 0 Å². The second kappa shape index (κ2) is 4.96. The minimum Gasteiger partial charge on any atom is -0.392 e. The van der Waals surface area contributed by atoms with Gasteiger partial charge >= 0.3 is 0 Å². The number of likely N-dealkylation sites (tertiary alicyclic amines) is 1. The highest BCUT2D eigenvalue weighted by molar-refractivity contribution is 6.17. The highest BCUT2D eigenvalue weighted by Crippen LogP contribution is 2.09. The van der Waals surface area contributed by atoms with Gasteiger partial charge in [-0.3, -0.25) is 0 Å². The number of aliphatic hydroxyl groups excluding tert-OH is 1. The number of nitrogens with zero attached hydrogens (tertiary/aromatic N) is 1. The quantitative estimate of drug-likeness (QED) is 0.653. The molecule has 0 radical (unpaired) electrons. The highest BCUT2D eigenvalue weighted by atomic mass is 35.5. The van der Waals surface area contributed by atoms with Gasteiger partial charge in [-0.05, 0) is 32.4 Å². The van der Waals surface area contributed by atoms with Crippen molar-refractivity contribution in [2.75, 3.05) is 25.5 Å². The molecule has 1 saturated heterocycles. The monoisotopic (exact) mass is 177 g/mol. The standard InChI is InChI=1S/C8H16ClNO/c9-4-2-6-10-5-1-3-8(11)7-10/h8,11H,1-7H2/t8-/m1/s1. The summed E-state index contributed by atoms with van der Waals surface area (Å²) in [6.45, 7) is 3.02. The van der Waals surface area contributed by atoms with Crippen LogP contribution in [-0.4, -0.2) is 41.6 Å². The summed E-state index contributed by atoms with van der Waals surface area (Å²) in [6.07, 6.45) is 3.04. The van der Waals surface area contributed by atoms with Gasteiger partial charge in [0.2, 0.25) is 0 Å². The van der Waals surface area contributed by atoms with E-state index in [2.05, 4.69) is 4.90 Å². The van der Waals surface area contributed by atoms with E-state index in [1.165, 1.54) is 0 Å². The lowest BCUT2D eigenvalue weighted by Gasteiger charge is -2.29. The highest BCUT2D eigenvalue weighted by Gasteiger charge is 2.16. The summed E-state index contributed by atoms with van der Waals surface area (Å²) in [5, 5.41) is 9.30. The molecule has 0 aliphatic carbocycles. The number of hydrogen-bond acceptors (Lipinski definition) is 2. The van der Waals surface area contributed by atoms with Crippen molar-refractivity contribution in [3.05, 3.63) is 0 Å². The van der Waals surface area contributed by atoms with Crippen molar-refractivity contribution in [1.82, 2.24) is 4.90 Å². The van der Waals surface area contributed by atoms with Gasteiger partial charge in [-0.25, -0.2) is 0 Å². The van der Waals surface area contributed by atoms with Crippen molar-refractivity contribution in [1.29, 1.82) is 0 Å². The molecule has 1 fully saturated rings. The molecule has 3 heteroatoms. The first-order valence-corrected chi connectivity index (χ1v) is 4.83. The van der Waals surface area contributed by atoms with Crippen molar-refractivity contribution in [3.8, 4) is 0 Å². The topological polar surface area (TPSA) is 23.5 Å². The lowest BCUT2D eigenvalue weighted by atomic mass is 10.1. The molecule has 1 heterocycles. The smallest absolute Gasteiger partial charge is 0.0667 e. The van der Waals surface area contributed by atoms with E-state index in [0.717, 1.165) is 44.8 Å². The molecular weight excluding hydrogens is 162 g/mol. The zero-order chi connectivity index (χ0) is 8.10. The summed E-state index contributed by atoms with van der Waals surface area (Å²) in [6, 6.07) is 0. The van der Waals surface area contributed by atoms with Crippen molar-refractivity contribution in [3.63, 3.8) is 0 Å². The number of hydrogen-bond donors (Lipinski definition) is 1. The van der Waals surface area contributed by atoms with Gasteiger partial charge in [-0.15, -0.1) is 11.6 Å². The molecule has 0 aromatic carbocycles. The third kappa shape index (κ3) is 3.41. The maximum atomic E-state index is 9.30. The largest absolute Gasteiger partial charge is 0.392 e. The molecule has 11 heavy (non-hydrogen) atoms. The van der Waals surface area contributed by atoms with E-state index in [0.29, 0.717) is 0 Å². The molecule has 0 saturated carbocycles. The van der Waals surface area contributed by atoms with E-state index in [-0.39, 0.29) is 6.10 Å². The van der Waals surface area contributed by atoms with Crippen molar-refractivity contribution in [2.24, 2.45) is 0 Å². The van der Waals surface area contributed by atoms with Gasteiger partial charge in [0.25, 0.3) is 0 Å². The Bertz CT molecular complexity index is 110. The molecule has 1 aliphatic rings. The van der Waals surface area contributed by atoms with Crippen LogP contribution in [0.4, 0.5) is 0 Å². The Labute approximate surface area is 73.1 Å². The van der Waals surface area contributed by atoms with Crippen molar-refractivity contribution >= 4 is 11.6 Å². The molecule has 0 unspecified atom stereocenters. The average molecular weight is 178 g/mol. The molecule has 1 atom stereocenters. The Morgan fingerprint density at radius 3 is 3.00 bits per heavy atom. The fourth-order valence-corrected chi connectivity index (χ4v) is 1.64. The second-order valence-electron chi connectivity index (χ2n) is 3.14. The van der Waals surface area contributed by atoms with Crippen LogP contribution >= 0.6 is 11.6 Å². The van der Waals surface area contributed by atoms with Crippen LogP contribution in [0.3, 0.4) is 0 Å². The van der Waals surface area contributed by atoms with Gasteiger partial charge in [-0.2, -0.15) is 0 Å². The zero-order valence-electron chi connectivity index (χ0n) is 6.80. The number of rotatable bonds is 3. The lowest BCUT2D eigenvalue weighted by Crippen LogP contribution is -2.38. The molecule has 0 aromatic heterocycles. The normalized spacial score (nSPS) is 27.3. The summed E-state index contributed by atoms with van der Waals surface area (Å²) in [4.78, 5) is 2.29. The summed E-state index contributed by atoms with van der Waals surface area (Å²) >= 11 is 5.57. The maximum Gasteiger partial charge on any atom is 0.0667 e. The Hall–Kier alpha value is 0.210. The van der Waals surface area contributed by atoms with E-state index in [1.54, 1.807) is 0 Å². The van der Waals surface area contributed by atoms with Gasteiger partial charge in [-0.1, -0.05) is 0 Å². The Morgan fingerprint density at radius 1 is 1.55 bits per heavy atom. The third-order valence-corrected chi connectivity index (χ3v) is 2.36. The molecule has 0 aromatic rings. The predicted octanol–water partition coefficient (Wildman–Crippen LogP) is 1.07. The Morgan fingerprint density at radius 2 is 2.36 bits per heavy atom. The summed E-state index contributed by atoms with van der Waals surface area (Å²) in [7, 11) is 0. The summed E-state index contributed by atoms with van der Waals surface area (Å²) in [5.41, 5.74) is 0. The van der Waals surface area contributed by atoms with Crippen LogP contribution in [0.5, 0.6) is 0 Å². The minimum atomic E-state index is -0.0981. The van der Waals surface area contributed by atoms with Crippen LogP contribution in [0.2, 0.25) is 0 Å². The molecule has 0 amide bonds. The predicted molar refractivity (Wildman–Crippen MR) is 47.0 cm³/mol. The zero-order valence-corrected chi connectivity index (χ0v) is 7.56. The minimum absolute atomic E-state index is 0.0981. The average Bonchev–Trinajstić information content (AvgIpc) is 2.01. The molecule has 1 rings (SSSR count). The number of halogens is 1. The molecule has 66 valence electrons. The van der Waals surface area contributed by atoms with E-state index >= 15 is 0 Å². The molecule has 2 nitrogen and oxygen atoms in total. The molecule has 1 N–H and O–H groups in total. The van der Waals surface area contributed by atoms with Crippen LogP contribution in [-0.2, 0) is 0 Å². The van der Waals surface area contributed by atoms with Crippen LogP contribution < -0.4 is 0 Å². The molecule has 1 aliphatic heterocycles. The fraction of sp³-hybridized carbons (Fsp3) is 1.00. The third-order valence-electron chi connectivity index (χ3n) is 2.09. The van der Waals surface area contributed by atoms with E-state index < -0.39 is 0 Å². The first-order chi connectivity index (χ1) is 5.33. The van der Waals surface area contributed by atoms with E-state index in [9.17, 15) is 5.11 Å². The van der Waals surface area contributed by atoms with Gasteiger partial charge in [0.15, 0.2) is 0 Å². The molecular formula is C8H16ClNO. The Kier molecular flexibility index (Phi) is 4.20. The number of aliphatic hydroxyl groups is 1. The van der Waals surface area contributed by atoms with Gasteiger partial charge in [0, 0.05) is 12.4 Å². The van der Waals surface area contributed by atoms with E-state index in [1.807, 2.05) is 0 Å². The number of alkyl halides is 1. The summed E-state index contributed by atoms with van der Waals surface area (Å²) in [5.74, 6) is 0.729. The van der Waals surface area contributed by atoms with Crippen molar-refractivity contribution in [2.45, 2.75) is 25.4 Å². The summed E-state index contributed by atoms with van der Waals surface area (Å²) < 4.78 is 0. The number of β-amino-alcohol motifs (C(OH)–C–C–N with tert-alkyl or cyclic N) is 1. The Balaban J connectivity index is 2.12. The van der Waals surface area contributed by atoms with Crippen molar-refractivity contribution < 1.29 is 5.11 Å². The second-order valence-corrected chi connectivity index (χ2v) is 3.52. The fourth-order valence-electron chi connectivity index (χ4n) is 1.52. The van der Waals surface area contributed by atoms with Gasteiger partial charge in [0.1, 0.15) is 0 Å². The van der Waals surface area contributed by atoms with Gasteiger partial charge < -0.3 is 10.0 Å². The molecule has 0 spiro atoms. The lowest BCUT2D eigenvalue weighted by molar-refractivity contribution is 0.0710. The first-order valence-electron chi connectivity index (χ1n) is 4.29. The van der Waals surface area contributed by atoms with Crippen LogP contribution in [0.1, 0.15) is 19.3 Å². The molecule has 0 bridgehead atoms.